The molecule has 0 saturated heterocycles. The van der Waals surface area contributed by atoms with Crippen LogP contribution < -0.4 is 0 Å². The summed E-state index contributed by atoms with van der Waals surface area (Å²) < 4.78 is 0. The molecule has 2 rings (SSSR count). The van der Waals surface area contributed by atoms with E-state index in [1.165, 1.54) is 24.0 Å². The van der Waals surface area contributed by atoms with Crippen LogP contribution in [0.2, 0.25) is 0 Å². The topological polar surface area (TPSA) is 0 Å². The zero-order valence-electron chi connectivity index (χ0n) is 9.21. The van der Waals surface area contributed by atoms with Gasteiger partial charge in [-0.2, -0.15) is 0 Å². The smallest absolute Gasteiger partial charge is 0.0148 e. The number of rotatable bonds is 4. The highest BCUT2D eigenvalue weighted by Gasteiger charge is 2.34. The van der Waals surface area contributed by atoms with Gasteiger partial charge in [-0.3, -0.25) is 0 Å². The van der Waals surface area contributed by atoms with E-state index in [0.717, 1.165) is 12.8 Å². The zero-order chi connectivity index (χ0) is 10.7. The first-order valence-electron chi connectivity index (χ1n) is 5.58. The van der Waals surface area contributed by atoms with Gasteiger partial charge in [0.25, 0.3) is 0 Å². The highest BCUT2D eigenvalue weighted by atomic mass is 14.4. The second-order valence-corrected chi connectivity index (χ2v) is 4.61. The summed E-state index contributed by atoms with van der Waals surface area (Å²) in [5, 5.41) is 0. The summed E-state index contributed by atoms with van der Waals surface area (Å²) in [6.45, 7) is 7.76. The van der Waals surface area contributed by atoms with Crippen molar-refractivity contribution in [1.82, 2.24) is 0 Å². The van der Waals surface area contributed by atoms with Crippen molar-refractivity contribution >= 4 is 0 Å². The van der Waals surface area contributed by atoms with Crippen molar-refractivity contribution in [3.05, 3.63) is 60.7 Å². The van der Waals surface area contributed by atoms with Crippen LogP contribution in [0.15, 0.2) is 49.6 Å². The Labute approximate surface area is 92.3 Å². The molecule has 0 fully saturated rings. The largest absolute Gasteiger partial charge is 0.103 e. The summed E-state index contributed by atoms with van der Waals surface area (Å²) in [7, 11) is 0. The highest BCUT2D eigenvalue weighted by molar-refractivity contribution is 5.34. The van der Waals surface area contributed by atoms with Crippen LogP contribution >= 0.6 is 0 Å². The average molecular weight is 198 g/mol. The van der Waals surface area contributed by atoms with Gasteiger partial charge in [0.05, 0.1) is 0 Å². The molecule has 1 aromatic carbocycles. The maximum atomic E-state index is 3.88. The number of hydrogen-bond donors (Lipinski definition) is 0. The van der Waals surface area contributed by atoms with E-state index in [1.807, 2.05) is 0 Å². The minimum absolute atomic E-state index is 0.368. The Balaban J connectivity index is 2.27. The van der Waals surface area contributed by atoms with Gasteiger partial charge < -0.3 is 0 Å². The molecular weight excluding hydrogens is 180 g/mol. The van der Waals surface area contributed by atoms with Gasteiger partial charge in [-0.15, -0.1) is 13.2 Å². The predicted octanol–water partition coefficient (Wildman–Crippen LogP) is 3.92. The fourth-order valence-electron chi connectivity index (χ4n) is 2.76. The van der Waals surface area contributed by atoms with E-state index >= 15 is 0 Å². The van der Waals surface area contributed by atoms with E-state index in [9.17, 15) is 0 Å². The van der Waals surface area contributed by atoms with Gasteiger partial charge in [0.15, 0.2) is 0 Å². The van der Waals surface area contributed by atoms with Crippen LogP contribution in [0.3, 0.4) is 0 Å². The summed E-state index contributed by atoms with van der Waals surface area (Å²) >= 11 is 0. The molecule has 0 saturated carbocycles. The van der Waals surface area contributed by atoms with Gasteiger partial charge in [-0.25, -0.2) is 0 Å². The zero-order valence-corrected chi connectivity index (χ0v) is 9.21. The van der Waals surface area contributed by atoms with Crippen molar-refractivity contribution < 1.29 is 0 Å². The summed E-state index contributed by atoms with van der Waals surface area (Å²) in [6.07, 6.45) is 8.65. The Hall–Kier alpha value is -1.30. The van der Waals surface area contributed by atoms with Crippen LogP contribution in [0.25, 0.3) is 0 Å². The van der Waals surface area contributed by atoms with Crippen LogP contribution in [0.5, 0.6) is 0 Å². The number of benzene rings is 1. The lowest BCUT2D eigenvalue weighted by molar-refractivity contribution is 0.314. The molecule has 78 valence electrons. The Morgan fingerprint density at radius 3 is 1.87 bits per heavy atom. The number of allylic oxidation sites excluding steroid dienone is 2. The lowest BCUT2D eigenvalue weighted by Crippen LogP contribution is -2.19. The SMILES string of the molecule is C=CCC1(CC=C)Cc2ccccc2C1. The average Bonchev–Trinajstić information content (AvgIpc) is 2.56. The summed E-state index contributed by atoms with van der Waals surface area (Å²) in [5.41, 5.74) is 3.40. The molecule has 1 aliphatic carbocycles. The first kappa shape index (κ1) is 10.2. The van der Waals surface area contributed by atoms with Crippen molar-refractivity contribution in [2.24, 2.45) is 5.41 Å². The standard InChI is InChI=1S/C15H18/c1-3-9-15(10-4-2)11-13-7-5-6-8-14(13)12-15/h3-8H,1-2,9-12H2. The number of hydrogen-bond acceptors (Lipinski definition) is 0. The molecule has 0 heteroatoms. The molecule has 1 aliphatic rings. The summed E-state index contributed by atoms with van der Waals surface area (Å²) in [5.74, 6) is 0. The van der Waals surface area contributed by atoms with E-state index in [1.54, 1.807) is 0 Å². The summed E-state index contributed by atoms with van der Waals surface area (Å²) in [6, 6.07) is 8.78. The molecule has 0 spiro atoms. The normalized spacial score (nSPS) is 17.1. The number of fused-ring (bicyclic) bond motifs is 1. The molecule has 0 unspecified atom stereocenters. The van der Waals surface area contributed by atoms with E-state index in [-0.39, 0.29) is 0 Å². The fraction of sp³-hybridized carbons (Fsp3) is 0.333. The maximum Gasteiger partial charge on any atom is -0.0148 e. The third-order valence-corrected chi connectivity index (χ3v) is 3.40. The molecule has 0 amide bonds. The van der Waals surface area contributed by atoms with Crippen molar-refractivity contribution in [3.63, 3.8) is 0 Å². The highest BCUT2D eigenvalue weighted by Crippen LogP contribution is 2.42. The summed E-state index contributed by atoms with van der Waals surface area (Å²) in [4.78, 5) is 0. The second-order valence-electron chi connectivity index (χ2n) is 4.61. The lowest BCUT2D eigenvalue weighted by atomic mass is 9.78. The molecule has 0 radical (unpaired) electrons. The molecule has 0 aromatic heterocycles. The quantitative estimate of drug-likeness (QED) is 0.643. The minimum atomic E-state index is 0.368. The molecule has 0 atom stereocenters. The van der Waals surface area contributed by atoms with Crippen LogP contribution in [0, 0.1) is 5.41 Å². The molecule has 1 aromatic rings. The van der Waals surface area contributed by atoms with Gasteiger partial charge >= 0.3 is 0 Å². The first-order chi connectivity index (χ1) is 7.29. The predicted molar refractivity (Wildman–Crippen MR) is 65.9 cm³/mol. The van der Waals surface area contributed by atoms with E-state index in [0.29, 0.717) is 5.41 Å². The van der Waals surface area contributed by atoms with Gasteiger partial charge in [0, 0.05) is 0 Å². The van der Waals surface area contributed by atoms with Gasteiger partial charge in [0.1, 0.15) is 0 Å². The van der Waals surface area contributed by atoms with Crippen LogP contribution in [0.4, 0.5) is 0 Å². The lowest BCUT2D eigenvalue weighted by Gasteiger charge is -2.26. The second kappa shape index (κ2) is 4.06. The molecule has 0 aliphatic heterocycles. The Morgan fingerprint density at radius 1 is 1.00 bits per heavy atom. The van der Waals surface area contributed by atoms with Crippen molar-refractivity contribution in [3.8, 4) is 0 Å². The van der Waals surface area contributed by atoms with Crippen LogP contribution in [-0.4, -0.2) is 0 Å². The molecule has 0 N–H and O–H groups in total. The van der Waals surface area contributed by atoms with Crippen LogP contribution in [0.1, 0.15) is 24.0 Å². The van der Waals surface area contributed by atoms with E-state index in [4.69, 9.17) is 0 Å². The molecule has 15 heavy (non-hydrogen) atoms. The third-order valence-electron chi connectivity index (χ3n) is 3.40. The fourth-order valence-corrected chi connectivity index (χ4v) is 2.76. The Bertz CT molecular complexity index is 336. The van der Waals surface area contributed by atoms with Crippen molar-refractivity contribution in [2.45, 2.75) is 25.7 Å². The Morgan fingerprint density at radius 2 is 1.47 bits per heavy atom. The monoisotopic (exact) mass is 198 g/mol. The van der Waals surface area contributed by atoms with Crippen molar-refractivity contribution in [2.75, 3.05) is 0 Å². The maximum absolute atomic E-state index is 3.88. The van der Waals surface area contributed by atoms with Gasteiger partial charge in [-0.05, 0) is 42.2 Å². The van der Waals surface area contributed by atoms with E-state index in [2.05, 4.69) is 49.6 Å². The third kappa shape index (κ3) is 1.90. The Kier molecular flexibility index (Phi) is 2.77. The first-order valence-corrected chi connectivity index (χ1v) is 5.58. The van der Waals surface area contributed by atoms with E-state index < -0.39 is 0 Å². The van der Waals surface area contributed by atoms with Crippen LogP contribution in [-0.2, 0) is 12.8 Å². The molecule has 0 heterocycles. The molecular formula is C15H18. The molecule has 0 nitrogen and oxygen atoms in total. The van der Waals surface area contributed by atoms with Gasteiger partial charge in [-0.1, -0.05) is 36.4 Å². The van der Waals surface area contributed by atoms with Crippen molar-refractivity contribution in [1.29, 1.82) is 0 Å². The minimum Gasteiger partial charge on any atom is -0.103 e. The van der Waals surface area contributed by atoms with Gasteiger partial charge in [0.2, 0.25) is 0 Å². The molecule has 0 bridgehead atoms.